The Kier molecular flexibility index (Phi) is 4.85. The molecule has 0 aromatic heterocycles. The summed E-state index contributed by atoms with van der Waals surface area (Å²) >= 11 is 0. The van der Waals surface area contributed by atoms with Crippen LogP contribution in [0.3, 0.4) is 0 Å². The molecule has 4 heteroatoms. The van der Waals surface area contributed by atoms with Crippen LogP contribution in [0, 0.1) is 22.7 Å². The molecule has 0 fully saturated rings. The van der Waals surface area contributed by atoms with Gasteiger partial charge >= 0.3 is 0 Å². The molecular formula is C14H20N4. The molecular weight excluding hydrogens is 224 g/mol. The maximum absolute atomic E-state index is 8.81. The Hall–Kier alpha value is -1.89. The molecule has 0 atom stereocenters. The summed E-state index contributed by atoms with van der Waals surface area (Å²) in [5.41, 5.74) is 2.75. The van der Waals surface area contributed by atoms with E-state index in [1.165, 1.54) is 0 Å². The van der Waals surface area contributed by atoms with E-state index in [1.807, 2.05) is 19.1 Å². The second kappa shape index (κ2) is 6.15. The van der Waals surface area contributed by atoms with Gasteiger partial charge in [-0.1, -0.05) is 13.8 Å². The molecule has 0 bridgehead atoms. The van der Waals surface area contributed by atoms with Gasteiger partial charge in [0.25, 0.3) is 0 Å². The van der Waals surface area contributed by atoms with Crippen LogP contribution in [-0.2, 0) is 0 Å². The van der Waals surface area contributed by atoms with E-state index in [-0.39, 0.29) is 0 Å². The molecule has 1 rings (SSSR count). The fourth-order valence-corrected chi connectivity index (χ4v) is 1.52. The Labute approximate surface area is 109 Å². The lowest BCUT2D eigenvalue weighted by molar-refractivity contribution is 0.507. The molecule has 0 aromatic carbocycles. The van der Waals surface area contributed by atoms with Gasteiger partial charge in [0, 0.05) is 17.0 Å². The van der Waals surface area contributed by atoms with Crippen molar-refractivity contribution >= 4 is 11.5 Å². The van der Waals surface area contributed by atoms with Gasteiger partial charge in [0.1, 0.15) is 5.84 Å². The van der Waals surface area contributed by atoms with Gasteiger partial charge in [0.15, 0.2) is 0 Å². The van der Waals surface area contributed by atoms with Gasteiger partial charge in [-0.15, -0.1) is 0 Å². The predicted octanol–water partition coefficient (Wildman–Crippen LogP) is 3.45. The summed E-state index contributed by atoms with van der Waals surface area (Å²) < 4.78 is 0. The van der Waals surface area contributed by atoms with Crippen molar-refractivity contribution in [2.45, 2.75) is 40.5 Å². The number of allylic oxidation sites excluding steroid dienone is 4. The standard InChI is InChI=1S/C14H20N4/c1-10(2)11(3)17-18(12(4)16)14-7-5-13(9-15)6-8-14/h5,7,10,16H,6,8H2,1-4H3. The average molecular weight is 244 g/mol. The monoisotopic (exact) mass is 244 g/mol. The summed E-state index contributed by atoms with van der Waals surface area (Å²) in [4.78, 5) is 0. The highest BCUT2D eigenvalue weighted by Crippen LogP contribution is 2.22. The molecule has 0 aromatic rings. The SMILES string of the molecule is CC(=N)N(N=C(C)C(C)C)C1=CC=C(C#N)CC1. The first-order valence-electron chi connectivity index (χ1n) is 6.16. The minimum atomic E-state index is 0.362. The Morgan fingerprint density at radius 3 is 2.44 bits per heavy atom. The Morgan fingerprint density at radius 1 is 1.39 bits per heavy atom. The van der Waals surface area contributed by atoms with Crippen LogP contribution < -0.4 is 0 Å². The molecule has 0 saturated heterocycles. The lowest BCUT2D eigenvalue weighted by atomic mass is 10.0. The van der Waals surface area contributed by atoms with Crippen molar-refractivity contribution in [2.75, 3.05) is 0 Å². The highest BCUT2D eigenvalue weighted by molar-refractivity contribution is 5.86. The van der Waals surface area contributed by atoms with Crippen molar-refractivity contribution < 1.29 is 0 Å². The molecule has 0 radical (unpaired) electrons. The average Bonchev–Trinajstić information content (AvgIpc) is 2.35. The molecule has 0 amide bonds. The van der Waals surface area contributed by atoms with Gasteiger partial charge in [-0.05, 0) is 44.8 Å². The quantitative estimate of drug-likeness (QED) is 0.469. The topological polar surface area (TPSA) is 63.2 Å². The van der Waals surface area contributed by atoms with Crippen LogP contribution in [0.5, 0.6) is 0 Å². The van der Waals surface area contributed by atoms with E-state index in [0.29, 0.717) is 11.8 Å². The lowest BCUT2D eigenvalue weighted by Gasteiger charge is -2.24. The lowest BCUT2D eigenvalue weighted by Crippen LogP contribution is -2.25. The van der Waals surface area contributed by atoms with Gasteiger partial charge < -0.3 is 0 Å². The van der Waals surface area contributed by atoms with Crippen LogP contribution in [0.2, 0.25) is 0 Å². The number of nitrogens with zero attached hydrogens (tertiary/aromatic N) is 3. The summed E-state index contributed by atoms with van der Waals surface area (Å²) in [7, 11) is 0. The van der Waals surface area contributed by atoms with E-state index in [4.69, 9.17) is 10.7 Å². The number of hydrogen-bond donors (Lipinski definition) is 1. The van der Waals surface area contributed by atoms with Crippen molar-refractivity contribution in [3.05, 3.63) is 23.4 Å². The largest absolute Gasteiger partial charge is 0.287 e. The van der Waals surface area contributed by atoms with Crippen molar-refractivity contribution in [1.82, 2.24) is 5.01 Å². The van der Waals surface area contributed by atoms with Gasteiger partial charge in [-0.25, -0.2) is 5.01 Å². The number of amidine groups is 1. The molecule has 0 aliphatic heterocycles. The molecule has 96 valence electrons. The number of hydrogen-bond acceptors (Lipinski definition) is 3. The number of rotatable bonds is 3. The van der Waals surface area contributed by atoms with Crippen LogP contribution in [0.15, 0.2) is 28.5 Å². The number of hydrazone groups is 1. The summed E-state index contributed by atoms with van der Waals surface area (Å²) in [5, 5.41) is 22.8. The minimum Gasteiger partial charge on any atom is -0.287 e. The van der Waals surface area contributed by atoms with E-state index in [1.54, 1.807) is 11.9 Å². The maximum atomic E-state index is 8.81. The summed E-state index contributed by atoms with van der Waals surface area (Å²) in [5.74, 6) is 0.760. The Morgan fingerprint density at radius 2 is 2.06 bits per heavy atom. The molecule has 1 aliphatic carbocycles. The fourth-order valence-electron chi connectivity index (χ4n) is 1.52. The normalized spacial score (nSPS) is 15.9. The van der Waals surface area contributed by atoms with Gasteiger partial charge in [-0.3, -0.25) is 5.41 Å². The first-order chi connectivity index (χ1) is 8.45. The van der Waals surface area contributed by atoms with Gasteiger partial charge in [0.2, 0.25) is 0 Å². The second-order valence-electron chi connectivity index (χ2n) is 4.76. The van der Waals surface area contributed by atoms with E-state index in [2.05, 4.69) is 25.0 Å². The zero-order chi connectivity index (χ0) is 13.7. The zero-order valence-electron chi connectivity index (χ0n) is 11.5. The minimum absolute atomic E-state index is 0.362. The molecule has 0 spiro atoms. The van der Waals surface area contributed by atoms with Crippen LogP contribution in [-0.4, -0.2) is 16.6 Å². The first-order valence-corrected chi connectivity index (χ1v) is 6.16. The van der Waals surface area contributed by atoms with Crippen molar-refractivity contribution in [3.8, 4) is 6.07 Å². The Balaban J connectivity index is 2.99. The van der Waals surface area contributed by atoms with E-state index >= 15 is 0 Å². The highest BCUT2D eigenvalue weighted by atomic mass is 15.5. The van der Waals surface area contributed by atoms with Crippen molar-refractivity contribution in [3.63, 3.8) is 0 Å². The molecule has 4 nitrogen and oxygen atoms in total. The van der Waals surface area contributed by atoms with E-state index < -0.39 is 0 Å². The molecule has 18 heavy (non-hydrogen) atoms. The van der Waals surface area contributed by atoms with E-state index in [9.17, 15) is 0 Å². The smallest absolute Gasteiger partial charge is 0.119 e. The van der Waals surface area contributed by atoms with Crippen LogP contribution in [0.25, 0.3) is 0 Å². The van der Waals surface area contributed by atoms with Gasteiger partial charge in [0.05, 0.1) is 6.07 Å². The Bertz CT molecular complexity index is 461. The van der Waals surface area contributed by atoms with Crippen molar-refractivity contribution in [1.29, 1.82) is 10.7 Å². The van der Waals surface area contributed by atoms with Crippen LogP contribution in [0.4, 0.5) is 0 Å². The zero-order valence-corrected chi connectivity index (χ0v) is 11.5. The number of nitriles is 1. The van der Waals surface area contributed by atoms with Gasteiger partial charge in [-0.2, -0.15) is 10.4 Å². The predicted molar refractivity (Wildman–Crippen MR) is 74.2 cm³/mol. The maximum Gasteiger partial charge on any atom is 0.119 e. The van der Waals surface area contributed by atoms with Crippen LogP contribution >= 0.6 is 0 Å². The molecule has 1 aliphatic rings. The first kappa shape index (κ1) is 14.2. The molecule has 0 saturated carbocycles. The summed E-state index contributed by atoms with van der Waals surface area (Å²) in [6.45, 7) is 7.86. The van der Waals surface area contributed by atoms with Crippen molar-refractivity contribution in [2.24, 2.45) is 11.0 Å². The third kappa shape index (κ3) is 3.56. The fraction of sp³-hybridized carbons (Fsp3) is 0.500. The summed E-state index contributed by atoms with van der Waals surface area (Å²) in [6, 6.07) is 2.16. The highest BCUT2D eigenvalue weighted by Gasteiger charge is 2.15. The summed E-state index contributed by atoms with van der Waals surface area (Å²) in [6.07, 6.45) is 5.18. The molecule has 0 unspecified atom stereocenters. The number of nitrogens with one attached hydrogen (secondary N) is 1. The molecule has 1 N–H and O–H groups in total. The third-order valence-electron chi connectivity index (χ3n) is 2.95. The van der Waals surface area contributed by atoms with E-state index in [0.717, 1.165) is 29.8 Å². The third-order valence-corrected chi connectivity index (χ3v) is 2.95. The molecule has 0 heterocycles. The second-order valence-corrected chi connectivity index (χ2v) is 4.76. The van der Waals surface area contributed by atoms with Crippen LogP contribution in [0.1, 0.15) is 40.5 Å².